The topological polar surface area (TPSA) is 86.6 Å². The van der Waals surface area contributed by atoms with Crippen LogP contribution in [0.5, 0.6) is 0 Å². The van der Waals surface area contributed by atoms with Crippen molar-refractivity contribution in [3.8, 4) is 0 Å². The molecule has 1 amide bonds. The molecule has 6 heteroatoms. The first-order valence-corrected chi connectivity index (χ1v) is 3.80. The molecule has 0 atom stereocenters. The molecule has 0 aliphatic rings. The van der Waals surface area contributed by atoms with E-state index in [1.165, 1.54) is 11.4 Å². The van der Waals surface area contributed by atoms with E-state index in [9.17, 15) is 9.59 Å². The molecular formula is C6H5NO4S. The Morgan fingerprint density at radius 1 is 1.42 bits per heavy atom. The lowest BCUT2D eigenvalue weighted by atomic mass is 10.3. The summed E-state index contributed by atoms with van der Waals surface area (Å²) >= 11 is 1.03. The van der Waals surface area contributed by atoms with Crippen LogP contribution in [-0.4, -0.2) is 22.3 Å². The number of hydrogen-bond acceptors (Lipinski definition) is 3. The van der Waals surface area contributed by atoms with Gasteiger partial charge in [-0.05, 0) is 11.4 Å². The van der Waals surface area contributed by atoms with Gasteiger partial charge in [-0.25, -0.2) is 9.59 Å². The molecule has 0 radical (unpaired) electrons. The Balaban J connectivity index is 2.91. The first kappa shape index (κ1) is 8.54. The number of thiophene rings is 1. The van der Waals surface area contributed by atoms with Gasteiger partial charge in [0.05, 0.1) is 5.56 Å². The minimum Gasteiger partial charge on any atom is -0.478 e. The van der Waals surface area contributed by atoms with E-state index in [2.05, 4.69) is 0 Å². The SMILES string of the molecule is O=C(O)Nc1sccc1C(=O)O. The highest BCUT2D eigenvalue weighted by Gasteiger charge is 2.12. The molecule has 0 spiro atoms. The van der Waals surface area contributed by atoms with E-state index >= 15 is 0 Å². The molecule has 3 N–H and O–H groups in total. The second kappa shape index (κ2) is 3.22. The summed E-state index contributed by atoms with van der Waals surface area (Å²) in [5.74, 6) is -1.14. The molecule has 12 heavy (non-hydrogen) atoms. The number of carboxylic acids is 1. The van der Waals surface area contributed by atoms with Crippen molar-refractivity contribution in [2.75, 3.05) is 5.32 Å². The third kappa shape index (κ3) is 1.73. The van der Waals surface area contributed by atoms with Crippen LogP contribution in [0, 0.1) is 0 Å². The molecule has 5 nitrogen and oxygen atoms in total. The predicted molar refractivity (Wildman–Crippen MR) is 42.9 cm³/mol. The number of nitrogens with one attached hydrogen (secondary N) is 1. The van der Waals surface area contributed by atoms with Gasteiger partial charge in [0.1, 0.15) is 5.00 Å². The van der Waals surface area contributed by atoms with E-state index in [0.29, 0.717) is 0 Å². The maximum atomic E-state index is 10.4. The lowest BCUT2D eigenvalue weighted by molar-refractivity contribution is 0.0698. The summed E-state index contributed by atoms with van der Waals surface area (Å²) in [6, 6.07) is 1.35. The maximum Gasteiger partial charge on any atom is 0.409 e. The first-order chi connectivity index (χ1) is 5.61. The summed E-state index contributed by atoms with van der Waals surface area (Å²) < 4.78 is 0. The van der Waals surface area contributed by atoms with Crippen LogP contribution in [-0.2, 0) is 0 Å². The van der Waals surface area contributed by atoms with Gasteiger partial charge in [0, 0.05) is 0 Å². The lowest BCUT2D eigenvalue weighted by Gasteiger charge is -1.96. The van der Waals surface area contributed by atoms with Crippen molar-refractivity contribution in [1.82, 2.24) is 0 Å². The van der Waals surface area contributed by atoms with Gasteiger partial charge < -0.3 is 10.2 Å². The summed E-state index contributed by atoms with van der Waals surface area (Å²) in [7, 11) is 0. The van der Waals surface area contributed by atoms with Gasteiger partial charge in [-0.3, -0.25) is 5.32 Å². The van der Waals surface area contributed by atoms with Crippen molar-refractivity contribution >= 4 is 28.4 Å². The van der Waals surface area contributed by atoms with Crippen molar-refractivity contribution in [3.63, 3.8) is 0 Å². The fourth-order valence-corrected chi connectivity index (χ4v) is 1.44. The number of carboxylic acid groups (broad SMARTS) is 2. The molecule has 0 fully saturated rings. The molecule has 1 aromatic rings. The molecular weight excluding hydrogens is 182 g/mol. The van der Waals surface area contributed by atoms with E-state index in [1.807, 2.05) is 5.32 Å². The minimum atomic E-state index is -1.26. The van der Waals surface area contributed by atoms with Gasteiger partial charge in [-0.1, -0.05) is 0 Å². The largest absolute Gasteiger partial charge is 0.478 e. The number of amides is 1. The standard InChI is InChI=1S/C6H5NO4S/c8-5(9)3-1-2-12-4(3)7-6(10)11/h1-2,7H,(H,8,9)(H,10,11). The van der Waals surface area contributed by atoms with Crippen LogP contribution < -0.4 is 5.32 Å². The van der Waals surface area contributed by atoms with E-state index in [1.54, 1.807) is 0 Å². The summed E-state index contributed by atoms with van der Waals surface area (Å²) in [6.07, 6.45) is -1.26. The van der Waals surface area contributed by atoms with Crippen molar-refractivity contribution in [1.29, 1.82) is 0 Å². The Kier molecular flexibility index (Phi) is 2.29. The normalized spacial score (nSPS) is 9.33. The summed E-state index contributed by atoms with van der Waals surface area (Å²) in [5.41, 5.74) is -0.0256. The summed E-state index contributed by atoms with van der Waals surface area (Å²) in [6.45, 7) is 0. The van der Waals surface area contributed by atoms with E-state index in [4.69, 9.17) is 10.2 Å². The van der Waals surface area contributed by atoms with Gasteiger partial charge in [0.25, 0.3) is 0 Å². The maximum absolute atomic E-state index is 10.4. The van der Waals surface area contributed by atoms with Crippen molar-refractivity contribution < 1.29 is 19.8 Å². The van der Waals surface area contributed by atoms with Crippen molar-refractivity contribution in [3.05, 3.63) is 17.0 Å². The molecule has 0 aliphatic carbocycles. The van der Waals surface area contributed by atoms with Crippen LogP contribution >= 0.6 is 11.3 Å². The van der Waals surface area contributed by atoms with Gasteiger partial charge in [0.15, 0.2) is 0 Å². The molecule has 0 aromatic carbocycles. The predicted octanol–water partition coefficient (Wildman–Crippen LogP) is 1.54. The van der Waals surface area contributed by atoms with Gasteiger partial charge in [0.2, 0.25) is 0 Å². The number of rotatable bonds is 2. The average molecular weight is 187 g/mol. The van der Waals surface area contributed by atoms with E-state index in [0.717, 1.165) is 11.3 Å². The summed E-state index contributed by atoms with van der Waals surface area (Å²) in [5, 5.41) is 20.5. The Morgan fingerprint density at radius 2 is 2.08 bits per heavy atom. The van der Waals surface area contributed by atoms with Gasteiger partial charge >= 0.3 is 12.1 Å². The third-order valence-electron chi connectivity index (χ3n) is 1.12. The average Bonchev–Trinajstić information content (AvgIpc) is 2.33. The molecule has 1 aromatic heterocycles. The third-order valence-corrected chi connectivity index (χ3v) is 1.95. The monoisotopic (exact) mass is 187 g/mol. The summed E-state index contributed by atoms with van der Waals surface area (Å²) in [4.78, 5) is 20.6. The van der Waals surface area contributed by atoms with E-state index < -0.39 is 12.1 Å². The van der Waals surface area contributed by atoms with Gasteiger partial charge in [-0.15, -0.1) is 11.3 Å². The number of hydrogen-bond donors (Lipinski definition) is 3. The smallest absolute Gasteiger partial charge is 0.409 e. The van der Waals surface area contributed by atoms with Crippen LogP contribution in [0.15, 0.2) is 11.4 Å². The molecule has 0 bridgehead atoms. The van der Waals surface area contributed by atoms with Crippen LogP contribution in [0.25, 0.3) is 0 Å². The number of anilines is 1. The molecule has 1 rings (SSSR count). The molecule has 0 saturated heterocycles. The quantitative estimate of drug-likeness (QED) is 0.655. The lowest BCUT2D eigenvalue weighted by Crippen LogP contribution is -2.09. The second-order valence-corrected chi connectivity index (χ2v) is 2.81. The highest BCUT2D eigenvalue weighted by molar-refractivity contribution is 7.14. The number of aromatic carboxylic acids is 1. The van der Waals surface area contributed by atoms with E-state index in [-0.39, 0.29) is 10.6 Å². The Morgan fingerprint density at radius 3 is 2.58 bits per heavy atom. The number of carbonyl (C=O) groups is 2. The van der Waals surface area contributed by atoms with Crippen molar-refractivity contribution in [2.45, 2.75) is 0 Å². The Hall–Kier alpha value is -1.56. The Bertz CT molecular complexity index is 319. The van der Waals surface area contributed by atoms with Crippen LogP contribution in [0.1, 0.15) is 10.4 Å². The fraction of sp³-hybridized carbons (Fsp3) is 0. The zero-order valence-corrected chi connectivity index (χ0v) is 6.59. The first-order valence-electron chi connectivity index (χ1n) is 2.92. The molecule has 1 heterocycles. The van der Waals surface area contributed by atoms with Crippen LogP contribution in [0.3, 0.4) is 0 Å². The van der Waals surface area contributed by atoms with Crippen LogP contribution in [0.4, 0.5) is 9.80 Å². The minimum absolute atomic E-state index is 0.0256. The highest BCUT2D eigenvalue weighted by Crippen LogP contribution is 2.22. The molecule has 0 aliphatic heterocycles. The van der Waals surface area contributed by atoms with Crippen molar-refractivity contribution in [2.24, 2.45) is 0 Å². The molecule has 64 valence electrons. The van der Waals surface area contributed by atoms with Crippen LogP contribution in [0.2, 0.25) is 0 Å². The fourth-order valence-electron chi connectivity index (χ4n) is 0.672. The Labute approximate surface area is 71.3 Å². The molecule has 0 unspecified atom stereocenters. The molecule has 0 saturated carbocycles. The van der Waals surface area contributed by atoms with Gasteiger partial charge in [-0.2, -0.15) is 0 Å². The zero-order valence-electron chi connectivity index (χ0n) is 5.77. The highest BCUT2D eigenvalue weighted by atomic mass is 32.1. The second-order valence-electron chi connectivity index (χ2n) is 1.90. The zero-order chi connectivity index (χ0) is 9.14.